The molecular weight excluding hydrogens is 256 g/mol. The van der Waals surface area contributed by atoms with Crippen molar-refractivity contribution in [3.05, 3.63) is 46.7 Å². The molecule has 4 rings (SSSR count). The molecule has 0 unspecified atom stereocenters. The summed E-state index contributed by atoms with van der Waals surface area (Å²) < 4.78 is 6.45. The Morgan fingerprint density at radius 1 is 1.21 bits per heavy atom. The summed E-state index contributed by atoms with van der Waals surface area (Å²) in [4.78, 5) is 7.73. The highest BCUT2D eigenvalue weighted by molar-refractivity contribution is 7.71. The monoisotopic (exact) mass is 268 g/mol. The molecule has 0 radical (unpaired) electrons. The molecule has 1 N–H and O–H groups in total. The molecule has 1 aliphatic carbocycles. The molecule has 1 aromatic carbocycles. The van der Waals surface area contributed by atoms with Gasteiger partial charge in [-0.3, -0.25) is 0 Å². The second-order valence-corrected chi connectivity index (χ2v) is 5.36. The number of hydrogen-bond acceptors (Lipinski definition) is 3. The van der Waals surface area contributed by atoms with E-state index in [-0.39, 0.29) is 0 Å². The van der Waals surface area contributed by atoms with Gasteiger partial charge in [-0.15, -0.1) is 0 Å². The van der Waals surface area contributed by atoms with Crippen LogP contribution in [0, 0.1) is 4.64 Å². The van der Waals surface area contributed by atoms with Crippen LogP contribution in [0.3, 0.4) is 0 Å². The van der Waals surface area contributed by atoms with Crippen molar-refractivity contribution in [2.75, 3.05) is 0 Å². The topological polar surface area (TPSA) is 41.8 Å². The first-order valence-electron chi connectivity index (χ1n) is 6.40. The third-order valence-corrected chi connectivity index (χ3v) is 3.65. The number of rotatable bonds is 2. The molecule has 0 amide bonds. The highest BCUT2D eigenvalue weighted by Crippen LogP contribution is 2.39. The Kier molecular flexibility index (Phi) is 2.32. The Morgan fingerprint density at radius 2 is 2.05 bits per heavy atom. The van der Waals surface area contributed by atoms with Crippen LogP contribution in [0.4, 0.5) is 0 Å². The molecule has 3 aromatic rings. The van der Waals surface area contributed by atoms with Gasteiger partial charge in [-0.25, -0.2) is 4.98 Å². The second-order valence-electron chi connectivity index (χ2n) is 4.95. The fourth-order valence-corrected chi connectivity index (χ4v) is 2.52. The molecule has 1 fully saturated rings. The van der Waals surface area contributed by atoms with Crippen molar-refractivity contribution in [3.8, 4) is 11.6 Å². The molecule has 0 spiro atoms. The van der Waals surface area contributed by atoms with E-state index in [9.17, 15) is 0 Å². The molecule has 2 aromatic heterocycles. The molecule has 2 heterocycles. The number of para-hydroxylation sites is 1. The molecule has 0 aliphatic heterocycles. The summed E-state index contributed by atoms with van der Waals surface area (Å²) in [5, 5.41) is 1.08. The summed E-state index contributed by atoms with van der Waals surface area (Å²) in [6.45, 7) is 0. The Bertz CT molecular complexity index is 781. The highest BCUT2D eigenvalue weighted by atomic mass is 32.1. The van der Waals surface area contributed by atoms with E-state index in [0.717, 1.165) is 22.6 Å². The zero-order valence-electron chi connectivity index (χ0n) is 10.2. The summed E-state index contributed by atoms with van der Waals surface area (Å²) in [7, 11) is 0. The van der Waals surface area contributed by atoms with Crippen LogP contribution in [-0.2, 0) is 0 Å². The Hall–Kier alpha value is -1.94. The van der Waals surface area contributed by atoms with Gasteiger partial charge in [-0.1, -0.05) is 30.4 Å². The first-order chi connectivity index (χ1) is 9.29. The zero-order chi connectivity index (χ0) is 12.8. The molecule has 0 saturated heterocycles. The standard InChI is InChI=1S/C15H12N2OS/c19-14-8-11(9-5-6-9)16-15(17-14)13-7-10-3-1-2-4-12(10)18-13/h1-4,7-9H,5-6H2,(H,16,17,19). The lowest BCUT2D eigenvalue weighted by atomic mass is 10.2. The normalized spacial score (nSPS) is 14.9. The largest absolute Gasteiger partial charge is 0.453 e. The summed E-state index contributed by atoms with van der Waals surface area (Å²) in [6.07, 6.45) is 2.46. The Balaban J connectivity index is 1.88. The molecule has 19 heavy (non-hydrogen) atoms. The maximum absolute atomic E-state index is 5.82. The Labute approximate surface area is 115 Å². The van der Waals surface area contributed by atoms with Gasteiger partial charge in [0.1, 0.15) is 10.2 Å². The molecular formula is C15H12N2OS. The van der Waals surface area contributed by atoms with E-state index in [1.54, 1.807) is 0 Å². The van der Waals surface area contributed by atoms with E-state index < -0.39 is 0 Å². The third-order valence-electron chi connectivity index (χ3n) is 3.44. The number of H-pyrrole nitrogens is 1. The van der Waals surface area contributed by atoms with E-state index >= 15 is 0 Å². The van der Waals surface area contributed by atoms with Crippen LogP contribution >= 0.6 is 12.2 Å². The quantitative estimate of drug-likeness (QED) is 0.699. The predicted molar refractivity (Wildman–Crippen MR) is 76.6 cm³/mol. The van der Waals surface area contributed by atoms with Crippen molar-refractivity contribution in [2.24, 2.45) is 0 Å². The number of benzene rings is 1. The highest BCUT2D eigenvalue weighted by Gasteiger charge is 2.25. The Morgan fingerprint density at radius 3 is 2.84 bits per heavy atom. The number of nitrogens with zero attached hydrogens (tertiary/aromatic N) is 1. The van der Waals surface area contributed by atoms with E-state index in [4.69, 9.17) is 16.6 Å². The first kappa shape index (κ1) is 10.9. The summed E-state index contributed by atoms with van der Waals surface area (Å²) in [5.41, 5.74) is 2.05. The maximum Gasteiger partial charge on any atom is 0.175 e. The van der Waals surface area contributed by atoms with E-state index in [2.05, 4.69) is 9.97 Å². The van der Waals surface area contributed by atoms with Gasteiger partial charge in [-0.2, -0.15) is 0 Å². The van der Waals surface area contributed by atoms with Crippen LogP contribution in [0.2, 0.25) is 0 Å². The van der Waals surface area contributed by atoms with Crippen molar-refractivity contribution in [2.45, 2.75) is 18.8 Å². The summed E-state index contributed by atoms with van der Waals surface area (Å²) in [5.74, 6) is 2.09. The lowest BCUT2D eigenvalue weighted by Crippen LogP contribution is -1.93. The van der Waals surface area contributed by atoms with Crippen LogP contribution < -0.4 is 0 Å². The summed E-state index contributed by atoms with van der Waals surface area (Å²) >= 11 is 5.24. The van der Waals surface area contributed by atoms with E-state index in [1.165, 1.54) is 18.5 Å². The number of aromatic nitrogens is 2. The molecule has 0 atom stereocenters. The fraction of sp³-hybridized carbons (Fsp3) is 0.200. The molecule has 94 valence electrons. The fourth-order valence-electron chi connectivity index (χ4n) is 2.31. The zero-order valence-corrected chi connectivity index (χ0v) is 11.0. The van der Waals surface area contributed by atoms with Gasteiger partial charge in [0.05, 0.1) is 0 Å². The number of furan rings is 1. The summed E-state index contributed by atoms with van der Waals surface area (Å²) in [6, 6.07) is 11.9. The van der Waals surface area contributed by atoms with Crippen molar-refractivity contribution < 1.29 is 4.42 Å². The maximum atomic E-state index is 5.82. The second kappa shape index (κ2) is 4.03. The van der Waals surface area contributed by atoms with E-state index in [0.29, 0.717) is 10.6 Å². The average molecular weight is 268 g/mol. The van der Waals surface area contributed by atoms with Gasteiger partial charge >= 0.3 is 0 Å². The molecule has 1 saturated carbocycles. The van der Waals surface area contributed by atoms with Crippen LogP contribution in [0.5, 0.6) is 0 Å². The van der Waals surface area contributed by atoms with Crippen LogP contribution in [-0.4, -0.2) is 9.97 Å². The van der Waals surface area contributed by atoms with Gasteiger partial charge in [-0.05, 0) is 37.0 Å². The van der Waals surface area contributed by atoms with Gasteiger partial charge in [0.2, 0.25) is 0 Å². The lowest BCUT2D eigenvalue weighted by Gasteiger charge is -2.02. The molecule has 1 aliphatic rings. The minimum Gasteiger partial charge on any atom is -0.453 e. The molecule has 4 heteroatoms. The SMILES string of the molecule is S=c1cc(C2CC2)[nH]c(-c2cc3ccccc3o2)n1. The number of aromatic amines is 1. The molecule has 3 nitrogen and oxygen atoms in total. The number of hydrogen-bond donors (Lipinski definition) is 1. The van der Waals surface area contributed by atoms with Crippen molar-refractivity contribution in [3.63, 3.8) is 0 Å². The van der Waals surface area contributed by atoms with E-state index in [1.807, 2.05) is 36.4 Å². The van der Waals surface area contributed by atoms with Crippen molar-refractivity contribution >= 4 is 23.2 Å². The average Bonchev–Trinajstić information content (AvgIpc) is 3.17. The van der Waals surface area contributed by atoms with Crippen LogP contribution in [0.1, 0.15) is 24.5 Å². The third kappa shape index (κ3) is 1.98. The van der Waals surface area contributed by atoms with Crippen molar-refractivity contribution in [1.29, 1.82) is 0 Å². The van der Waals surface area contributed by atoms with Gasteiger partial charge in [0, 0.05) is 11.1 Å². The van der Waals surface area contributed by atoms with Gasteiger partial charge in [0.25, 0.3) is 0 Å². The number of fused-ring (bicyclic) bond motifs is 1. The van der Waals surface area contributed by atoms with Crippen LogP contribution in [0.25, 0.3) is 22.6 Å². The van der Waals surface area contributed by atoms with Crippen LogP contribution in [0.15, 0.2) is 40.8 Å². The number of nitrogens with one attached hydrogen (secondary N) is 1. The smallest absolute Gasteiger partial charge is 0.175 e. The van der Waals surface area contributed by atoms with Gasteiger partial charge in [0.15, 0.2) is 11.6 Å². The molecule has 0 bridgehead atoms. The van der Waals surface area contributed by atoms with Gasteiger partial charge < -0.3 is 9.40 Å². The minimum atomic E-state index is 0.618. The predicted octanol–water partition coefficient (Wildman–Crippen LogP) is 4.43. The lowest BCUT2D eigenvalue weighted by molar-refractivity contribution is 0.624. The minimum absolute atomic E-state index is 0.618. The first-order valence-corrected chi connectivity index (χ1v) is 6.81. The van der Waals surface area contributed by atoms with Crippen molar-refractivity contribution in [1.82, 2.24) is 9.97 Å².